The van der Waals surface area contributed by atoms with Crippen molar-refractivity contribution in [3.63, 3.8) is 0 Å². The van der Waals surface area contributed by atoms with Crippen molar-refractivity contribution in [2.45, 2.75) is 13.0 Å². The lowest BCUT2D eigenvalue weighted by atomic mass is 10.2. The number of carbonyl (C=O) groups excluding carboxylic acids is 2. The van der Waals surface area contributed by atoms with Crippen LogP contribution in [0.5, 0.6) is 11.5 Å². The molecule has 1 aliphatic rings. The molecule has 0 N–H and O–H groups in total. The Morgan fingerprint density at radius 3 is 2.55 bits per heavy atom. The molecule has 1 aromatic heterocycles. The molecule has 0 atom stereocenters. The highest BCUT2D eigenvalue weighted by Crippen LogP contribution is 2.35. The topological polar surface area (TPSA) is 79.1 Å². The summed E-state index contributed by atoms with van der Waals surface area (Å²) >= 11 is 7.23. The minimum atomic E-state index is -0.391. The van der Waals surface area contributed by atoms with E-state index in [4.69, 9.17) is 25.8 Å². The fourth-order valence-corrected chi connectivity index (χ4v) is 4.15. The number of thiazole rings is 1. The average molecular weight is 433 g/mol. The zero-order chi connectivity index (χ0) is 20.4. The Bertz CT molecular complexity index is 1150. The number of halogens is 1. The summed E-state index contributed by atoms with van der Waals surface area (Å²) in [4.78, 5) is 29.1. The fraction of sp³-hybridized carbons (Fsp3) is 0.250. The number of aromatic nitrogens is 1. The van der Waals surface area contributed by atoms with Crippen LogP contribution in [0.1, 0.15) is 16.8 Å². The third-order valence-corrected chi connectivity index (χ3v) is 5.70. The van der Waals surface area contributed by atoms with Crippen LogP contribution in [0.25, 0.3) is 10.2 Å². The van der Waals surface area contributed by atoms with E-state index in [-0.39, 0.29) is 12.4 Å². The van der Waals surface area contributed by atoms with Crippen molar-refractivity contribution in [3.8, 4) is 11.5 Å². The maximum atomic E-state index is 12.6. The van der Waals surface area contributed by atoms with Gasteiger partial charge >= 0.3 is 5.97 Å². The van der Waals surface area contributed by atoms with Gasteiger partial charge in [-0.2, -0.15) is 4.99 Å². The monoisotopic (exact) mass is 432 g/mol. The molecule has 0 aliphatic carbocycles. The van der Waals surface area contributed by atoms with Gasteiger partial charge in [0.15, 0.2) is 16.3 Å². The molecule has 0 fully saturated rings. The number of nitrogens with zero attached hydrogens (tertiary/aromatic N) is 2. The highest BCUT2D eigenvalue weighted by molar-refractivity contribution is 7.16. The van der Waals surface area contributed by atoms with Crippen LogP contribution in [-0.4, -0.2) is 36.8 Å². The van der Waals surface area contributed by atoms with E-state index in [0.29, 0.717) is 46.6 Å². The number of rotatable bonds is 4. The molecule has 2 aromatic carbocycles. The van der Waals surface area contributed by atoms with Crippen LogP contribution >= 0.6 is 22.9 Å². The molecule has 7 nitrogen and oxygen atoms in total. The molecule has 0 radical (unpaired) electrons. The highest BCUT2D eigenvalue weighted by atomic mass is 35.5. The molecule has 0 unspecified atom stereocenters. The quantitative estimate of drug-likeness (QED) is 0.590. The minimum absolute atomic E-state index is 0.152. The zero-order valence-electron chi connectivity index (χ0n) is 15.5. The van der Waals surface area contributed by atoms with Crippen molar-refractivity contribution in [2.75, 3.05) is 20.3 Å². The first-order chi connectivity index (χ1) is 14.0. The second-order valence-corrected chi connectivity index (χ2v) is 7.70. The van der Waals surface area contributed by atoms with Crippen LogP contribution in [0.3, 0.4) is 0 Å². The molecule has 150 valence electrons. The third-order valence-electron chi connectivity index (χ3n) is 4.40. The van der Waals surface area contributed by atoms with Crippen molar-refractivity contribution in [1.82, 2.24) is 4.57 Å². The summed E-state index contributed by atoms with van der Waals surface area (Å²) in [6, 6.07) is 10.3. The van der Waals surface area contributed by atoms with Gasteiger partial charge in [-0.3, -0.25) is 9.59 Å². The highest BCUT2D eigenvalue weighted by Gasteiger charge is 2.17. The number of fused-ring (bicyclic) bond motifs is 2. The first-order valence-corrected chi connectivity index (χ1v) is 10.1. The number of carbonyl (C=O) groups is 2. The van der Waals surface area contributed by atoms with Crippen LogP contribution in [0.15, 0.2) is 41.4 Å². The maximum absolute atomic E-state index is 12.6. The molecule has 0 spiro atoms. The van der Waals surface area contributed by atoms with Gasteiger partial charge in [-0.05, 0) is 24.3 Å². The Hall–Kier alpha value is -2.84. The average Bonchev–Trinajstić information content (AvgIpc) is 3.06. The van der Waals surface area contributed by atoms with Crippen LogP contribution < -0.4 is 14.3 Å². The van der Waals surface area contributed by atoms with E-state index in [1.165, 1.54) is 18.4 Å². The number of esters is 1. The van der Waals surface area contributed by atoms with Crippen molar-refractivity contribution in [1.29, 1.82) is 0 Å². The molecule has 29 heavy (non-hydrogen) atoms. The summed E-state index contributed by atoms with van der Waals surface area (Å²) in [7, 11) is 1.34. The predicted molar refractivity (Wildman–Crippen MR) is 109 cm³/mol. The summed E-state index contributed by atoms with van der Waals surface area (Å²) in [5.74, 6) is 0.548. The second kappa shape index (κ2) is 8.26. The Morgan fingerprint density at radius 1 is 1.17 bits per heavy atom. The van der Waals surface area contributed by atoms with Gasteiger partial charge in [-0.15, -0.1) is 0 Å². The molecule has 1 amide bonds. The van der Waals surface area contributed by atoms with Crippen molar-refractivity contribution in [3.05, 3.63) is 51.8 Å². The van der Waals surface area contributed by atoms with E-state index in [0.717, 1.165) is 10.2 Å². The van der Waals surface area contributed by atoms with E-state index in [1.807, 2.05) is 16.7 Å². The number of benzene rings is 2. The first-order valence-electron chi connectivity index (χ1n) is 8.89. The third kappa shape index (κ3) is 4.13. The molecule has 9 heteroatoms. The Morgan fingerprint density at radius 2 is 1.86 bits per heavy atom. The molecule has 2 heterocycles. The molecule has 0 saturated heterocycles. The van der Waals surface area contributed by atoms with Crippen molar-refractivity contribution in [2.24, 2.45) is 4.99 Å². The molecule has 4 rings (SSSR count). The molecule has 1 aliphatic heterocycles. The van der Waals surface area contributed by atoms with E-state index in [1.54, 1.807) is 24.3 Å². The van der Waals surface area contributed by atoms with Gasteiger partial charge in [0, 0.05) is 29.3 Å². The Kier molecular flexibility index (Phi) is 5.55. The summed E-state index contributed by atoms with van der Waals surface area (Å²) in [6.07, 6.45) is 0.152. The summed E-state index contributed by atoms with van der Waals surface area (Å²) in [5, 5.41) is 0.544. The van der Waals surface area contributed by atoms with Gasteiger partial charge in [0.05, 0.1) is 23.7 Å². The smallest absolute Gasteiger partial charge is 0.307 e. The lowest BCUT2D eigenvalue weighted by Gasteiger charge is -2.18. The summed E-state index contributed by atoms with van der Waals surface area (Å²) in [6.45, 7) is 1.27. The van der Waals surface area contributed by atoms with Crippen LogP contribution in [-0.2, 0) is 16.1 Å². The standard InChI is InChI=1S/C20H17ClN2O5S/c1-26-18(24)6-7-23-14-10-15-16(28-9-8-27-15)11-17(14)29-20(23)22-19(25)12-2-4-13(21)5-3-12/h2-5,10-11H,6-9H2,1H3. The summed E-state index contributed by atoms with van der Waals surface area (Å²) < 4.78 is 18.8. The molecule has 0 bridgehead atoms. The van der Waals surface area contributed by atoms with Crippen LogP contribution in [0.2, 0.25) is 5.02 Å². The molecule has 0 saturated carbocycles. The normalized spacial score (nSPS) is 13.5. The van der Waals surface area contributed by atoms with Crippen molar-refractivity contribution >= 4 is 45.0 Å². The van der Waals surface area contributed by atoms with Gasteiger partial charge in [0.2, 0.25) is 0 Å². The number of hydrogen-bond acceptors (Lipinski definition) is 6. The molecular formula is C20H17ClN2O5S. The second-order valence-electron chi connectivity index (χ2n) is 6.25. The molecule has 3 aromatic rings. The largest absolute Gasteiger partial charge is 0.486 e. The Balaban J connectivity index is 1.81. The van der Waals surface area contributed by atoms with Gasteiger partial charge < -0.3 is 18.8 Å². The van der Waals surface area contributed by atoms with Gasteiger partial charge in [-0.1, -0.05) is 22.9 Å². The molecular weight excluding hydrogens is 416 g/mol. The van der Waals surface area contributed by atoms with E-state index in [9.17, 15) is 9.59 Å². The van der Waals surface area contributed by atoms with Gasteiger partial charge in [0.25, 0.3) is 5.91 Å². The fourth-order valence-electron chi connectivity index (χ4n) is 2.96. The number of ether oxygens (including phenoxy) is 3. The van der Waals surface area contributed by atoms with Gasteiger partial charge in [-0.25, -0.2) is 0 Å². The maximum Gasteiger partial charge on any atom is 0.307 e. The van der Waals surface area contributed by atoms with Gasteiger partial charge in [0.1, 0.15) is 13.2 Å². The van der Waals surface area contributed by atoms with Crippen LogP contribution in [0, 0.1) is 0 Å². The van der Waals surface area contributed by atoms with E-state index in [2.05, 4.69) is 4.99 Å². The number of amides is 1. The van der Waals surface area contributed by atoms with E-state index >= 15 is 0 Å². The predicted octanol–water partition coefficient (Wildman–Crippen LogP) is 3.43. The minimum Gasteiger partial charge on any atom is -0.486 e. The number of hydrogen-bond donors (Lipinski definition) is 0. The van der Waals surface area contributed by atoms with E-state index < -0.39 is 5.91 Å². The lowest BCUT2D eigenvalue weighted by Crippen LogP contribution is -2.19. The lowest BCUT2D eigenvalue weighted by molar-refractivity contribution is -0.140. The zero-order valence-corrected chi connectivity index (χ0v) is 17.1. The Labute approximate surface area is 175 Å². The van der Waals surface area contributed by atoms with Crippen LogP contribution in [0.4, 0.5) is 0 Å². The van der Waals surface area contributed by atoms with Crippen molar-refractivity contribution < 1.29 is 23.8 Å². The number of aryl methyl sites for hydroxylation is 1. The number of methoxy groups -OCH3 is 1. The summed E-state index contributed by atoms with van der Waals surface area (Å²) in [5.41, 5.74) is 1.24. The first kappa shape index (κ1) is 19.5. The SMILES string of the molecule is COC(=O)CCn1c(=NC(=O)c2ccc(Cl)cc2)sc2cc3c(cc21)OCCO3.